The summed E-state index contributed by atoms with van der Waals surface area (Å²) in [5.74, 6) is -5.46. The standard InChI is InChI=1S/C24H14F4N2O/c1-13-7-6-8-14(19-20(25)23(27)29-24(28)21(19)26)22(13)30-15-9-2-4-11-17(15)31-18-12-5-3-10-16(18)30/h2-12H,1H3. The molecular weight excluding hydrogens is 408 g/mol. The lowest BCUT2D eigenvalue weighted by atomic mass is 9.97. The van der Waals surface area contributed by atoms with Crippen molar-refractivity contribution in [1.82, 2.24) is 4.98 Å². The number of anilines is 3. The smallest absolute Gasteiger partial charge is 0.252 e. The summed E-state index contributed by atoms with van der Waals surface area (Å²) in [5, 5.41) is 0. The van der Waals surface area contributed by atoms with Gasteiger partial charge in [-0.05, 0) is 36.8 Å². The summed E-state index contributed by atoms with van der Waals surface area (Å²) in [4.78, 5) is 4.45. The largest absolute Gasteiger partial charge is 0.453 e. The summed E-state index contributed by atoms with van der Waals surface area (Å²) in [5.41, 5.74) is 1.42. The van der Waals surface area contributed by atoms with E-state index in [0.717, 1.165) is 0 Å². The maximum absolute atomic E-state index is 14.7. The number of aryl methyl sites for hydroxylation is 1. The van der Waals surface area contributed by atoms with Gasteiger partial charge >= 0.3 is 0 Å². The Balaban J connectivity index is 1.87. The number of fused-ring (bicyclic) bond motifs is 2. The number of ether oxygens (including phenoxy) is 1. The Kier molecular flexibility index (Phi) is 4.39. The van der Waals surface area contributed by atoms with Crippen LogP contribution in [-0.2, 0) is 0 Å². The van der Waals surface area contributed by atoms with Crippen molar-refractivity contribution in [3.63, 3.8) is 0 Å². The Labute approximate surface area is 175 Å². The molecule has 0 bridgehead atoms. The van der Waals surface area contributed by atoms with Gasteiger partial charge in [-0.15, -0.1) is 0 Å². The molecule has 0 saturated heterocycles. The van der Waals surface area contributed by atoms with E-state index in [1.54, 1.807) is 72.5 Å². The van der Waals surface area contributed by atoms with E-state index in [-0.39, 0.29) is 5.56 Å². The molecule has 0 atom stereocenters. The highest BCUT2D eigenvalue weighted by atomic mass is 19.2. The van der Waals surface area contributed by atoms with Gasteiger partial charge in [-0.1, -0.05) is 42.5 Å². The van der Waals surface area contributed by atoms with Crippen LogP contribution in [-0.4, -0.2) is 4.98 Å². The molecular formula is C24H14F4N2O. The van der Waals surface area contributed by atoms with E-state index in [1.165, 1.54) is 6.07 Å². The SMILES string of the molecule is Cc1cccc(-c2c(F)c(F)nc(F)c2F)c1N1c2ccccc2Oc2ccccc21. The highest BCUT2D eigenvalue weighted by Gasteiger charge is 2.31. The summed E-state index contributed by atoms with van der Waals surface area (Å²) in [6.07, 6.45) is 0. The molecule has 1 aliphatic rings. The molecule has 0 unspecified atom stereocenters. The fourth-order valence-electron chi connectivity index (χ4n) is 3.83. The molecule has 0 spiro atoms. The maximum atomic E-state index is 14.7. The van der Waals surface area contributed by atoms with E-state index in [9.17, 15) is 17.6 Å². The third-order valence-electron chi connectivity index (χ3n) is 5.16. The normalized spacial score (nSPS) is 12.2. The number of hydrogen-bond donors (Lipinski definition) is 0. The number of benzene rings is 3. The van der Waals surface area contributed by atoms with Gasteiger partial charge in [-0.25, -0.2) is 8.78 Å². The maximum Gasteiger partial charge on any atom is 0.252 e. The lowest BCUT2D eigenvalue weighted by Crippen LogP contribution is -2.18. The van der Waals surface area contributed by atoms with Gasteiger partial charge in [0.2, 0.25) is 0 Å². The molecule has 1 aromatic heterocycles. The first-order valence-electron chi connectivity index (χ1n) is 9.43. The minimum atomic E-state index is -1.70. The van der Waals surface area contributed by atoms with E-state index in [1.807, 2.05) is 0 Å². The highest BCUT2D eigenvalue weighted by Crippen LogP contribution is 2.53. The van der Waals surface area contributed by atoms with Gasteiger partial charge in [-0.2, -0.15) is 13.8 Å². The highest BCUT2D eigenvalue weighted by molar-refractivity contribution is 5.94. The molecule has 31 heavy (non-hydrogen) atoms. The molecule has 3 aromatic carbocycles. The van der Waals surface area contributed by atoms with Crippen molar-refractivity contribution in [3.05, 3.63) is 95.8 Å². The van der Waals surface area contributed by atoms with E-state index in [2.05, 4.69) is 4.98 Å². The molecule has 5 rings (SSSR count). The van der Waals surface area contributed by atoms with Crippen LogP contribution in [0.2, 0.25) is 0 Å². The van der Waals surface area contributed by atoms with Gasteiger partial charge in [0.15, 0.2) is 23.1 Å². The Bertz CT molecular complexity index is 1270. The third kappa shape index (κ3) is 2.92. The molecule has 4 aromatic rings. The van der Waals surface area contributed by atoms with Crippen molar-refractivity contribution in [2.45, 2.75) is 6.92 Å². The van der Waals surface area contributed by atoms with E-state index >= 15 is 0 Å². The predicted molar refractivity (Wildman–Crippen MR) is 109 cm³/mol. The second-order valence-electron chi connectivity index (χ2n) is 7.04. The van der Waals surface area contributed by atoms with Gasteiger partial charge in [0.25, 0.3) is 11.9 Å². The molecule has 2 heterocycles. The lowest BCUT2D eigenvalue weighted by Gasteiger charge is -2.35. The van der Waals surface area contributed by atoms with Gasteiger partial charge < -0.3 is 9.64 Å². The number of pyridine rings is 1. The van der Waals surface area contributed by atoms with Crippen LogP contribution in [0.15, 0.2) is 66.7 Å². The minimum absolute atomic E-state index is 0.0123. The average Bonchev–Trinajstić information content (AvgIpc) is 2.77. The van der Waals surface area contributed by atoms with E-state index in [0.29, 0.717) is 34.1 Å². The van der Waals surface area contributed by atoms with Crippen LogP contribution in [0.4, 0.5) is 34.6 Å². The predicted octanol–water partition coefficient (Wildman–Crippen LogP) is 7.19. The summed E-state index contributed by atoms with van der Waals surface area (Å²) in [7, 11) is 0. The van der Waals surface area contributed by atoms with Gasteiger partial charge in [0, 0.05) is 5.56 Å². The molecule has 3 nitrogen and oxygen atoms in total. The molecule has 0 fully saturated rings. The number of para-hydroxylation sites is 5. The first kappa shape index (κ1) is 19.1. The molecule has 7 heteroatoms. The zero-order chi connectivity index (χ0) is 21.7. The topological polar surface area (TPSA) is 25.4 Å². The van der Waals surface area contributed by atoms with Crippen molar-refractivity contribution in [2.24, 2.45) is 0 Å². The van der Waals surface area contributed by atoms with Crippen LogP contribution >= 0.6 is 0 Å². The number of rotatable bonds is 2. The van der Waals surface area contributed by atoms with Crippen molar-refractivity contribution in [1.29, 1.82) is 0 Å². The Morgan fingerprint density at radius 2 is 1.26 bits per heavy atom. The number of aromatic nitrogens is 1. The Morgan fingerprint density at radius 3 is 1.84 bits per heavy atom. The van der Waals surface area contributed by atoms with Crippen LogP contribution in [0.5, 0.6) is 11.5 Å². The van der Waals surface area contributed by atoms with Crippen LogP contribution in [0.3, 0.4) is 0 Å². The monoisotopic (exact) mass is 422 g/mol. The van der Waals surface area contributed by atoms with Gasteiger partial charge in [0.05, 0.1) is 22.6 Å². The summed E-state index contributed by atoms with van der Waals surface area (Å²) in [6.45, 7) is 1.75. The number of nitrogens with zero attached hydrogens (tertiary/aromatic N) is 2. The Morgan fingerprint density at radius 1 is 0.710 bits per heavy atom. The third-order valence-corrected chi connectivity index (χ3v) is 5.16. The second kappa shape index (κ2) is 7.12. The minimum Gasteiger partial charge on any atom is -0.453 e. The Hall–Kier alpha value is -3.87. The quantitative estimate of drug-likeness (QED) is 0.222. The molecule has 0 aliphatic carbocycles. The first-order valence-corrected chi connectivity index (χ1v) is 9.43. The fraction of sp³-hybridized carbons (Fsp3) is 0.0417. The first-order chi connectivity index (χ1) is 15.0. The zero-order valence-electron chi connectivity index (χ0n) is 16.2. The second-order valence-corrected chi connectivity index (χ2v) is 7.04. The molecule has 154 valence electrons. The molecule has 0 N–H and O–H groups in total. The van der Waals surface area contributed by atoms with Crippen molar-refractivity contribution in [3.8, 4) is 22.6 Å². The lowest BCUT2D eigenvalue weighted by molar-refractivity contribution is 0.410. The average molecular weight is 422 g/mol. The number of hydrogen-bond acceptors (Lipinski definition) is 3. The molecule has 0 amide bonds. The summed E-state index contributed by atoms with van der Waals surface area (Å²) in [6, 6.07) is 19.1. The number of halogens is 4. The van der Waals surface area contributed by atoms with Crippen molar-refractivity contribution in [2.75, 3.05) is 4.90 Å². The van der Waals surface area contributed by atoms with Crippen LogP contribution in [0.25, 0.3) is 11.1 Å². The van der Waals surface area contributed by atoms with E-state index < -0.39 is 29.1 Å². The molecule has 0 saturated carbocycles. The zero-order valence-corrected chi connectivity index (χ0v) is 16.2. The van der Waals surface area contributed by atoms with Crippen molar-refractivity contribution < 1.29 is 22.3 Å². The summed E-state index contributed by atoms with van der Waals surface area (Å²) < 4.78 is 63.3. The van der Waals surface area contributed by atoms with Crippen LogP contribution in [0.1, 0.15) is 5.56 Å². The molecule has 0 radical (unpaired) electrons. The van der Waals surface area contributed by atoms with Gasteiger partial charge in [-0.3, -0.25) is 0 Å². The van der Waals surface area contributed by atoms with Crippen molar-refractivity contribution >= 4 is 17.1 Å². The summed E-state index contributed by atoms with van der Waals surface area (Å²) >= 11 is 0. The van der Waals surface area contributed by atoms with Crippen LogP contribution in [0, 0.1) is 30.5 Å². The molecule has 1 aliphatic heterocycles. The fourth-order valence-corrected chi connectivity index (χ4v) is 3.83. The van der Waals surface area contributed by atoms with E-state index in [4.69, 9.17) is 4.74 Å². The van der Waals surface area contributed by atoms with Crippen LogP contribution < -0.4 is 9.64 Å². The van der Waals surface area contributed by atoms with Gasteiger partial charge in [0.1, 0.15) is 0 Å².